The molecule has 0 aliphatic rings. The number of aliphatic hydroxyl groups is 1. The number of nitrogens with zero attached hydrogens (tertiary/aromatic N) is 1. The molecule has 0 aliphatic carbocycles. The lowest BCUT2D eigenvalue weighted by Crippen LogP contribution is -2.27. The number of nitrogens with two attached hydrogens (primary N) is 1. The van der Waals surface area contributed by atoms with Crippen LogP contribution in [0.2, 0.25) is 0 Å². The number of rotatable bonds is 3. The molecule has 2 rings (SSSR count). The quantitative estimate of drug-likeness (QED) is 0.854. The lowest BCUT2D eigenvalue weighted by atomic mass is 10.2. The highest BCUT2D eigenvalue weighted by Crippen LogP contribution is 2.18. The summed E-state index contributed by atoms with van der Waals surface area (Å²) in [5.74, 6) is 0. The first-order valence-corrected chi connectivity index (χ1v) is 5.12. The van der Waals surface area contributed by atoms with E-state index in [1.54, 1.807) is 0 Å². The molecule has 0 aliphatic heterocycles. The summed E-state index contributed by atoms with van der Waals surface area (Å²) in [5.41, 5.74) is 8.10. The van der Waals surface area contributed by atoms with Crippen molar-refractivity contribution in [2.45, 2.75) is 12.5 Å². The predicted molar refractivity (Wildman–Crippen MR) is 68.9 cm³/mol. The summed E-state index contributed by atoms with van der Waals surface area (Å²) in [7, 11) is 2.03. The van der Waals surface area contributed by atoms with E-state index in [9.17, 15) is 0 Å². The molecule has 0 saturated carbocycles. The van der Waals surface area contributed by atoms with Crippen LogP contribution in [0.25, 0.3) is 10.9 Å². The summed E-state index contributed by atoms with van der Waals surface area (Å²) in [6, 6.07) is 10.2. The number of fused-ring (bicyclic) bond motifs is 1. The second kappa shape index (κ2) is 5.34. The molecular weight excluding hydrogens is 224 g/mol. The molecule has 4 heteroatoms. The Morgan fingerprint density at radius 2 is 2.06 bits per heavy atom. The summed E-state index contributed by atoms with van der Waals surface area (Å²) in [4.78, 5) is 0. The van der Waals surface area contributed by atoms with E-state index >= 15 is 0 Å². The van der Waals surface area contributed by atoms with E-state index in [-0.39, 0.29) is 25.1 Å². The van der Waals surface area contributed by atoms with Crippen molar-refractivity contribution in [3.8, 4) is 0 Å². The van der Waals surface area contributed by atoms with Gasteiger partial charge in [0.1, 0.15) is 0 Å². The van der Waals surface area contributed by atoms with Crippen LogP contribution in [0.3, 0.4) is 0 Å². The zero-order valence-corrected chi connectivity index (χ0v) is 10.1. The second-order valence-corrected chi connectivity index (χ2v) is 3.90. The molecule has 0 fully saturated rings. The maximum Gasteiger partial charge on any atom is 0.0586 e. The Labute approximate surface area is 101 Å². The number of hydrogen-bond acceptors (Lipinski definition) is 2. The van der Waals surface area contributed by atoms with Crippen molar-refractivity contribution < 1.29 is 5.11 Å². The van der Waals surface area contributed by atoms with Crippen molar-refractivity contribution in [1.29, 1.82) is 0 Å². The average Bonchev–Trinajstić information content (AvgIpc) is 2.57. The Morgan fingerprint density at radius 3 is 2.69 bits per heavy atom. The van der Waals surface area contributed by atoms with Gasteiger partial charge in [0.2, 0.25) is 0 Å². The fourth-order valence-corrected chi connectivity index (χ4v) is 1.88. The standard InChI is InChI=1S/C12H16N2O.ClH/c1-14-11(7-10(13)8-15)6-9-4-2-3-5-12(9)14;/h2-6,10,15H,7-8,13H2,1H3;1H. The minimum atomic E-state index is -0.173. The van der Waals surface area contributed by atoms with Crippen molar-refractivity contribution in [3.05, 3.63) is 36.0 Å². The fraction of sp³-hybridized carbons (Fsp3) is 0.333. The van der Waals surface area contributed by atoms with Crippen LogP contribution in [0.5, 0.6) is 0 Å². The van der Waals surface area contributed by atoms with E-state index in [0.29, 0.717) is 6.42 Å². The molecule has 1 unspecified atom stereocenters. The van der Waals surface area contributed by atoms with Crippen molar-refractivity contribution in [2.24, 2.45) is 12.8 Å². The van der Waals surface area contributed by atoms with Crippen LogP contribution in [0.4, 0.5) is 0 Å². The molecule has 3 nitrogen and oxygen atoms in total. The number of hydrogen-bond donors (Lipinski definition) is 2. The zero-order chi connectivity index (χ0) is 10.8. The molecule has 0 saturated heterocycles. The van der Waals surface area contributed by atoms with Crippen LogP contribution < -0.4 is 5.73 Å². The van der Waals surface area contributed by atoms with Gasteiger partial charge in [-0.15, -0.1) is 12.4 Å². The molecule has 0 spiro atoms. The highest BCUT2D eigenvalue weighted by Gasteiger charge is 2.08. The Morgan fingerprint density at radius 1 is 1.38 bits per heavy atom. The zero-order valence-electron chi connectivity index (χ0n) is 9.26. The number of benzene rings is 1. The second-order valence-electron chi connectivity index (χ2n) is 3.90. The van der Waals surface area contributed by atoms with Gasteiger partial charge in [-0.1, -0.05) is 18.2 Å². The monoisotopic (exact) mass is 240 g/mol. The molecule has 1 aromatic heterocycles. The number of aliphatic hydroxyl groups excluding tert-OH is 1. The summed E-state index contributed by atoms with van der Waals surface area (Å²) >= 11 is 0. The summed E-state index contributed by atoms with van der Waals surface area (Å²) in [5, 5.41) is 10.1. The highest BCUT2D eigenvalue weighted by molar-refractivity contribution is 5.85. The van der Waals surface area contributed by atoms with Gasteiger partial charge in [0.15, 0.2) is 0 Å². The molecule has 3 N–H and O–H groups in total. The predicted octanol–water partition coefficient (Wildman–Crippen LogP) is 1.46. The molecule has 2 aromatic rings. The van der Waals surface area contributed by atoms with Gasteiger partial charge >= 0.3 is 0 Å². The molecule has 0 amide bonds. The number of halogens is 1. The van der Waals surface area contributed by atoms with E-state index in [4.69, 9.17) is 10.8 Å². The van der Waals surface area contributed by atoms with Gasteiger partial charge in [0.05, 0.1) is 6.61 Å². The van der Waals surface area contributed by atoms with E-state index in [0.717, 1.165) is 5.69 Å². The van der Waals surface area contributed by atoms with E-state index in [1.807, 2.05) is 19.2 Å². The van der Waals surface area contributed by atoms with Crippen LogP contribution in [-0.4, -0.2) is 22.3 Å². The molecule has 0 radical (unpaired) electrons. The van der Waals surface area contributed by atoms with Crippen LogP contribution in [0.15, 0.2) is 30.3 Å². The molecule has 1 heterocycles. The Hall–Kier alpha value is -1.03. The third kappa shape index (κ3) is 2.38. The lowest BCUT2D eigenvalue weighted by Gasteiger charge is -2.08. The minimum Gasteiger partial charge on any atom is -0.395 e. The first-order chi connectivity index (χ1) is 7.22. The Balaban J connectivity index is 0.00000128. The fourth-order valence-electron chi connectivity index (χ4n) is 1.88. The summed E-state index contributed by atoms with van der Waals surface area (Å²) in [6.45, 7) is 0.0293. The highest BCUT2D eigenvalue weighted by atomic mass is 35.5. The number of aryl methyl sites for hydroxylation is 1. The van der Waals surface area contributed by atoms with Crippen LogP contribution in [-0.2, 0) is 13.5 Å². The maximum atomic E-state index is 8.93. The van der Waals surface area contributed by atoms with Crippen LogP contribution in [0.1, 0.15) is 5.69 Å². The van der Waals surface area contributed by atoms with Crippen molar-refractivity contribution in [1.82, 2.24) is 4.57 Å². The molecule has 88 valence electrons. The van der Waals surface area contributed by atoms with Gasteiger partial charge in [-0.2, -0.15) is 0 Å². The Bertz CT molecular complexity index is 467. The van der Waals surface area contributed by atoms with Crippen molar-refractivity contribution >= 4 is 23.3 Å². The van der Waals surface area contributed by atoms with Gasteiger partial charge in [0, 0.05) is 30.7 Å². The van der Waals surface area contributed by atoms with Gasteiger partial charge in [0.25, 0.3) is 0 Å². The van der Waals surface area contributed by atoms with E-state index in [1.165, 1.54) is 10.9 Å². The third-order valence-corrected chi connectivity index (χ3v) is 2.76. The van der Waals surface area contributed by atoms with Crippen LogP contribution >= 0.6 is 12.4 Å². The molecule has 16 heavy (non-hydrogen) atoms. The first-order valence-electron chi connectivity index (χ1n) is 5.12. The van der Waals surface area contributed by atoms with Crippen molar-refractivity contribution in [2.75, 3.05) is 6.61 Å². The molecule has 1 atom stereocenters. The van der Waals surface area contributed by atoms with Crippen molar-refractivity contribution in [3.63, 3.8) is 0 Å². The minimum absolute atomic E-state index is 0. The lowest BCUT2D eigenvalue weighted by molar-refractivity contribution is 0.264. The Kier molecular flexibility index (Phi) is 4.35. The largest absolute Gasteiger partial charge is 0.395 e. The maximum absolute atomic E-state index is 8.93. The molecule has 1 aromatic carbocycles. The topological polar surface area (TPSA) is 51.2 Å². The number of aromatic nitrogens is 1. The smallest absolute Gasteiger partial charge is 0.0586 e. The number of para-hydroxylation sites is 1. The summed E-state index contributed by atoms with van der Waals surface area (Å²) < 4.78 is 2.13. The van der Waals surface area contributed by atoms with Gasteiger partial charge in [-0.25, -0.2) is 0 Å². The van der Waals surface area contributed by atoms with Gasteiger partial charge < -0.3 is 15.4 Å². The van der Waals surface area contributed by atoms with Gasteiger partial charge in [-0.3, -0.25) is 0 Å². The first kappa shape index (κ1) is 13.0. The molecular formula is C12H17ClN2O. The summed E-state index contributed by atoms with van der Waals surface area (Å²) in [6.07, 6.45) is 0.710. The van der Waals surface area contributed by atoms with E-state index < -0.39 is 0 Å². The SMILES string of the molecule is Cl.Cn1c(CC(N)CO)cc2ccccc21. The average molecular weight is 241 g/mol. The third-order valence-electron chi connectivity index (χ3n) is 2.76. The normalized spacial score (nSPS) is 12.4. The van der Waals surface area contributed by atoms with E-state index in [2.05, 4.69) is 22.8 Å². The van der Waals surface area contributed by atoms with Crippen LogP contribution in [0, 0.1) is 0 Å². The van der Waals surface area contributed by atoms with Gasteiger partial charge in [-0.05, 0) is 17.5 Å². The molecule has 0 bridgehead atoms.